The lowest BCUT2D eigenvalue weighted by molar-refractivity contribution is -0.131. The largest absolute Gasteiger partial charge is 0.478 e. The van der Waals surface area contributed by atoms with Gasteiger partial charge in [0.15, 0.2) is 8.32 Å². The van der Waals surface area contributed by atoms with E-state index >= 15 is 0 Å². The molecule has 1 atom stereocenters. The third-order valence-electron chi connectivity index (χ3n) is 2.80. The summed E-state index contributed by atoms with van der Waals surface area (Å²) >= 11 is 0. The first-order valence-electron chi connectivity index (χ1n) is 5.15. The fraction of sp³-hybridized carbons (Fsp3) is 0.727. The predicted molar refractivity (Wildman–Crippen MR) is 64.5 cm³/mol. The molecule has 0 aliphatic heterocycles. The second-order valence-corrected chi connectivity index (χ2v) is 10.0. The molecule has 0 aliphatic rings. The quantitative estimate of drug-likeness (QED) is 0.596. The zero-order valence-corrected chi connectivity index (χ0v) is 11.5. The van der Waals surface area contributed by atoms with Crippen LogP contribution in [0.15, 0.2) is 12.2 Å². The number of carbonyl (C=O) groups is 1. The third-order valence-corrected chi connectivity index (χ3v) is 7.37. The highest BCUT2D eigenvalue weighted by Crippen LogP contribution is 2.37. The normalized spacial score (nSPS) is 15.6. The smallest absolute Gasteiger partial charge is 0.328 e. The molecule has 0 rings (SSSR count). The van der Waals surface area contributed by atoms with E-state index in [4.69, 9.17) is 9.53 Å². The summed E-state index contributed by atoms with van der Waals surface area (Å²) in [4.78, 5) is 10.3. The molecular weight excluding hydrogens is 208 g/mol. The van der Waals surface area contributed by atoms with Crippen molar-refractivity contribution < 1.29 is 14.3 Å². The average molecular weight is 230 g/mol. The molecule has 0 saturated carbocycles. The van der Waals surface area contributed by atoms with Crippen molar-refractivity contribution in [2.75, 3.05) is 0 Å². The molecule has 0 spiro atoms. The van der Waals surface area contributed by atoms with Gasteiger partial charge in [0.2, 0.25) is 0 Å². The number of carboxylic acid groups (broad SMARTS) is 1. The molecule has 0 aromatic carbocycles. The Kier molecular flexibility index (Phi) is 4.74. The zero-order chi connectivity index (χ0) is 12.3. The van der Waals surface area contributed by atoms with Crippen molar-refractivity contribution in [2.45, 2.75) is 51.9 Å². The minimum Gasteiger partial charge on any atom is -0.478 e. The van der Waals surface area contributed by atoms with Gasteiger partial charge in [0.05, 0.1) is 6.10 Å². The molecule has 4 heteroatoms. The van der Waals surface area contributed by atoms with Crippen LogP contribution in [-0.2, 0) is 9.22 Å². The van der Waals surface area contributed by atoms with E-state index in [-0.39, 0.29) is 11.1 Å². The minimum atomic E-state index is -1.78. The van der Waals surface area contributed by atoms with E-state index in [1.165, 1.54) is 0 Å². The van der Waals surface area contributed by atoms with Gasteiger partial charge in [0.25, 0.3) is 0 Å². The lowest BCUT2D eigenvalue weighted by atomic mass is 10.2. The average Bonchev–Trinajstić information content (AvgIpc) is 1.97. The molecule has 0 aromatic heterocycles. The molecule has 0 saturated heterocycles. The molecule has 0 radical (unpaired) electrons. The maximum Gasteiger partial charge on any atom is 0.328 e. The monoisotopic (exact) mass is 230 g/mol. The highest BCUT2D eigenvalue weighted by molar-refractivity contribution is 6.74. The van der Waals surface area contributed by atoms with Crippen LogP contribution in [0.25, 0.3) is 0 Å². The Balaban J connectivity index is 4.41. The van der Waals surface area contributed by atoms with Crippen molar-refractivity contribution in [3.63, 3.8) is 0 Å². The highest BCUT2D eigenvalue weighted by atomic mass is 28.4. The standard InChI is InChI=1S/C11H22O3Si/c1-9(7-8-10(12)13)14-15(5,6)11(2,3)4/h7-9H,1-6H3,(H,12,13)/b8-7-/t9-/m0/s1. The van der Waals surface area contributed by atoms with Gasteiger partial charge < -0.3 is 9.53 Å². The Hall–Kier alpha value is -0.613. The van der Waals surface area contributed by atoms with Gasteiger partial charge in [-0.2, -0.15) is 0 Å². The van der Waals surface area contributed by atoms with Crippen LogP contribution < -0.4 is 0 Å². The van der Waals surface area contributed by atoms with E-state index in [1.807, 2.05) is 6.92 Å². The second kappa shape index (κ2) is 4.94. The summed E-state index contributed by atoms with van der Waals surface area (Å²) in [7, 11) is -1.78. The van der Waals surface area contributed by atoms with Crippen molar-refractivity contribution in [1.82, 2.24) is 0 Å². The molecule has 15 heavy (non-hydrogen) atoms. The molecule has 3 nitrogen and oxygen atoms in total. The van der Waals surface area contributed by atoms with Gasteiger partial charge in [0.1, 0.15) is 0 Å². The number of carboxylic acids is 1. The van der Waals surface area contributed by atoms with Gasteiger partial charge in [0, 0.05) is 6.08 Å². The maximum absolute atomic E-state index is 10.3. The van der Waals surface area contributed by atoms with Gasteiger partial charge in [-0.3, -0.25) is 0 Å². The first-order valence-corrected chi connectivity index (χ1v) is 8.06. The molecule has 0 aliphatic carbocycles. The van der Waals surface area contributed by atoms with Gasteiger partial charge >= 0.3 is 5.97 Å². The van der Waals surface area contributed by atoms with E-state index in [2.05, 4.69) is 33.9 Å². The Bertz CT molecular complexity index is 251. The van der Waals surface area contributed by atoms with Crippen LogP contribution >= 0.6 is 0 Å². The van der Waals surface area contributed by atoms with Crippen LogP contribution in [0, 0.1) is 0 Å². The van der Waals surface area contributed by atoms with Crippen LogP contribution in [0.1, 0.15) is 27.7 Å². The maximum atomic E-state index is 10.3. The molecule has 0 heterocycles. The molecular formula is C11H22O3Si. The van der Waals surface area contributed by atoms with Crippen molar-refractivity contribution in [1.29, 1.82) is 0 Å². The topological polar surface area (TPSA) is 46.5 Å². The Morgan fingerprint density at radius 3 is 2.20 bits per heavy atom. The van der Waals surface area contributed by atoms with Gasteiger partial charge in [-0.25, -0.2) is 4.79 Å². The van der Waals surface area contributed by atoms with E-state index in [1.54, 1.807) is 6.08 Å². The molecule has 88 valence electrons. The fourth-order valence-corrected chi connectivity index (χ4v) is 2.26. The summed E-state index contributed by atoms with van der Waals surface area (Å²) in [6, 6.07) is 0. The number of rotatable bonds is 4. The summed E-state index contributed by atoms with van der Waals surface area (Å²) in [6.45, 7) is 12.7. The number of aliphatic carboxylic acids is 1. The van der Waals surface area contributed by atoms with Crippen molar-refractivity contribution in [2.24, 2.45) is 0 Å². The first kappa shape index (κ1) is 14.4. The molecule has 0 unspecified atom stereocenters. The number of hydrogen-bond donors (Lipinski definition) is 1. The minimum absolute atomic E-state index is 0.137. The second-order valence-electron chi connectivity index (χ2n) is 5.28. The van der Waals surface area contributed by atoms with Gasteiger partial charge in [-0.15, -0.1) is 0 Å². The molecule has 0 aromatic rings. The van der Waals surface area contributed by atoms with Gasteiger partial charge in [-0.05, 0) is 25.1 Å². The fourth-order valence-electron chi connectivity index (χ4n) is 0.899. The summed E-state index contributed by atoms with van der Waals surface area (Å²) < 4.78 is 5.94. The molecule has 1 N–H and O–H groups in total. The summed E-state index contributed by atoms with van der Waals surface area (Å²) in [5.74, 6) is -0.930. The van der Waals surface area contributed by atoms with E-state index in [9.17, 15) is 4.79 Å². The Labute approximate surface area is 93.3 Å². The van der Waals surface area contributed by atoms with Crippen LogP contribution in [0.2, 0.25) is 18.1 Å². The Morgan fingerprint density at radius 2 is 1.87 bits per heavy atom. The van der Waals surface area contributed by atoms with E-state index in [0.29, 0.717) is 0 Å². The number of hydrogen-bond acceptors (Lipinski definition) is 2. The molecule has 0 amide bonds. The summed E-state index contributed by atoms with van der Waals surface area (Å²) in [5.41, 5.74) is 0. The van der Waals surface area contributed by atoms with Crippen LogP contribution in [0.5, 0.6) is 0 Å². The summed E-state index contributed by atoms with van der Waals surface area (Å²) in [6.07, 6.45) is 2.59. The molecule has 0 bridgehead atoms. The highest BCUT2D eigenvalue weighted by Gasteiger charge is 2.37. The van der Waals surface area contributed by atoms with Crippen LogP contribution in [-0.4, -0.2) is 25.5 Å². The van der Waals surface area contributed by atoms with E-state index < -0.39 is 14.3 Å². The zero-order valence-electron chi connectivity index (χ0n) is 10.5. The van der Waals surface area contributed by atoms with Crippen molar-refractivity contribution in [3.8, 4) is 0 Å². The van der Waals surface area contributed by atoms with Crippen LogP contribution in [0.4, 0.5) is 0 Å². The Morgan fingerprint density at radius 1 is 1.40 bits per heavy atom. The van der Waals surface area contributed by atoms with Crippen molar-refractivity contribution in [3.05, 3.63) is 12.2 Å². The van der Waals surface area contributed by atoms with Gasteiger partial charge in [-0.1, -0.05) is 26.8 Å². The summed E-state index contributed by atoms with van der Waals surface area (Å²) in [5, 5.41) is 8.64. The lowest BCUT2D eigenvalue weighted by Gasteiger charge is -2.37. The SMILES string of the molecule is C[C@@H](/C=C\C(=O)O)O[Si](C)(C)C(C)(C)C. The lowest BCUT2D eigenvalue weighted by Crippen LogP contribution is -2.42. The first-order chi connectivity index (χ1) is 6.56. The third kappa shape index (κ3) is 5.13. The van der Waals surface area contributed by atoms with E-state index in [0.717, 1.165) is 6.08 Å². The predicted octanol–water partition coefficient (Wildman–Crippen LogP) is 3.04. The molecule has 0 fully saturated rings. The van der Waals surface area contributed by atoms with Crippen molar-refractivity contribution >= 4 is 14.3 Å². The van der Waals surface area contributed by atoms with Crippen LogP contribution in [0.3, 0.4) is 0 Å².